The van der Waals surface area contributed by atoms with E-state index in [9.17, 15) is 19.2 Å². The number of Topliss-reactive ketones (excluding diaryl/α,β-unsaturated/α-hetero) is 1. The first-order chi connectivity index (χ1) is 25.9. The van der Waals surface area contributed by atoms with E-state index in [1.54, 1.807) is 0 Å². The fourth-order valence-electron chi connectivity index (χ4n) is 11.0. The molecule has 0 amide bonds. The molecule has 4 aliphatic heterocycles. The van der Waals surface area contributed by atoms with Gasteiger partial charge in [0, 0.05) is 91.3 Å². The van der Waals surface area contributed by atoms with E-state index in [-0.39, 0.29) is 82.8 Å². The lowest BCUT2D eigenvalue weighted by molar-refractivity contribution is -0.186. The Bertz CT molecular complexity index is 1350. The van der Waals surface area contributed by atoms with Crippen LogP contribution in [0.5, 0.6) is 0 Å². The Balaban J connectivity index is 1.64. The van der Waals surface area contributed by atoms with Crippen molar-refractivity contribution >= 4 is 23.7 Å². The van der Waals surface area contributed by atoms with Crippen molar-refractivity contribution in [3.05, 3.63) is 0 Å². The van der Waals surface area contributed by atoms with Crippen molar-refractivity contribution in [2.45, 2.75) is 218 Å². The van der Waals surface area contributed by atoms with Gasteiger partial charge in [-0.25, -0.2) is 0 Å². The average molecular weight is 803 g/mol. The van der Waals surface area contributed by atoms with E-state index >= 15 is 0 Å². The first-order valence-electron chi connectivity index (χ1n) is 22.0. The van der Waals surface area contributed by atoms with E-state index in [4.69, 9.17) is 14.2 Å². The Labute approximate surface area is 346 Å². The fraction of sp³-hybridized carbons (Fsp3) is 0.913. The monoisotopic (exact) mass is 803 g/mol. The van der Waals surface area contributed by atoms with Crippen molar-refractivity contribution in [1.82, 2.24) is 19.6 Å². The van der Waals surface area contributed by atoms with Gasteiger partial charge < -0.3 is 19.1 Å². The van der Waals surface area contributed by atoms with E-state index in [1.807, 2.05) is 7.05 Å². The predicted molar refractivity (Wildman–Crippen MR) is 226 cm³/mol. The Morgan fingerprint density at radius 2 is 0.860 bits per heavy atom. The standard InChI is InChI=1S/C46H82N4O7/c1-40(2)26-32(27-41(3,4)48(40)14)25-33(51)17-21-46(38(53)56-34-19-23-47(13)24-20-34,39(54)57-36-30-44(9,10)50(16)45(11,12)31-36)22-18-37(52)55-35-28-42(5,6)49(15)43(7,8)29-35/h32,34-36H,17-31H2,1-16H3. The van der Waals surface area contributed by atoms with Crippen molar-refractivity contribution in [3.63, 3.8) is 0 Å². The molecule has 57 heavy (non-hydrogen) atoms. The minimum atomic E-state index is -1.84. The van der Waals surface area contributed by atoms with Crippen LogP contribution in [0.15, 0.2) is 0 Å². The van der Waals surface area contributed by atoms with Crippen molar-refractivity contribution in [2.24, 2.45) is 11.3 Å². The zero-order chi connectivity index (χ0) is 43.2. The second-order valence-electron chi connectivity index (χ2n) is 22.5. The van der Waals surface area contributed by atoms with Crippen LogP contribution >= 0.6 is 0 Å². The molecule has 0 aromatic heterocycles. The molecular formula is C46H82N4O7. The first kappa shape index (κ1) is 47.6. The van der Waals surface area contributed by atoms with Gasteiger partial charge in [0.1, 0.15) is 24.1 Å². The van der Waals surface area contributed by atoms with Gasteiger partial charge in [-0.15, -0.1) is 0 Å². The van der Waals surface area contributed by atoms with Crippen molar-refractivity contribution < 1.29 is 33.4 Å². The van der Waals surface area contributed by atoms with Crippen LogP contribution in [0.25, 0.3) is 0 Å². The van der Waals surface area contributed by atoms with Gasteiger partial charge in [0.05, 0.1) is 0 Å². The number of carbonyl (C=O) groups excluding carboxylic acids is 4. The lowest BCUT2D eigenvalue weighted by atomic mass is 9.71. The lowest BCUT2D eigenvalue weighted by Crippen LogP contribution is -2.61. The molecule has 0 aromatic carbocycles. The Morgan fingerprint density at radius 3 is 1.28 bits per heavy atom. The molecule has 11 heteroatoms. The molecule has 0 radical (unpaired) electrons. The number of nitrogens with zero attached hydrogens (tertiary/aromatic N) is 4. The first-order valence-corrected chi connectivity index (χ1v) is 22.0. The number of ketones is 1. The molecule has 328 valence electrons. The average Bonchev–Trinajstić information content (AvgIpc) is 3.05. The smallest absolute Gasteiger partial charge is 0.323 e. The van der Waals surface area contributed by atoms with Crippen LogP contribution < -0.4 is 0 Å². The van der Waals surface area contributed by atoms with Crippen LogP contribution in [0.1, 0.15) is 167 Å². The SMILES string of the molecule is CN1CCC(OC(=O)C(CCC(=O)CC2CC(C)(C)N(C)C(C)(C)C2)(CCC(=O)OC2CC(C)(C)N(C)C(C)(C)C2)C(=O)OC2CC(C)(C)N(C)C(C)(C)C2)CC1. The number of piperidine rings is 4. The molecule has 4 fully saturated rings. The molecule has 4 rings (SSSR count). The minimum Gasteiger partial charge on any atom is -0.462 e. The molecule has 0 aromatic rings. The van der Waals surface area contributed by atoms with Gasteiger partial charge in [-0.1, -0.05) is 0 Å². The molecule has 0 bridgehead atoms. The molecule has 11 nitrogen and oxygen atoms in total. The maximum absolute atomic E-state index is 15.0. The molecule has 0 aliphatic carbocycles. The summed E-state index contributed by atoms with van der Waals surface area (Å²) in [5.74, 6) is -1.64. The molecule has 4 heterocycles. The minimum absolute atomic E-state index is 0.0142. The van der Waals surface area contributed by atoms with Gasteiger partial charge in [0.15, 0.2) is 5.41 Å². The van der Waals surface area contributed by atoms with Gasteiger partial charge in [-0.3, -0.25) is 33.9 Å². The largest absolute Gasteiger partial charge is 0.462 e. The summed E-state index contributed by atoms with van der Waals surface area (Å²) in [4.78, 5) is 66.9. The molecule has 4 aliphatic rings. The number of esters is 3. The molecular weight excluding hydrogens is 721 g/mol. The number of hydrogen-bond donors (Lipinski definition) is 0. The summed E-state index contributed by atoms with van der Waals surface area (Å²) >= 11 is 0. The highest BCUT2D eigenvalue weighted by Gasteiger charge is 2.53. The van der Waals surface area contributed by atoms with Gasteiger partial charge in [0.25, 0.3) is 0 Å². The van der Waals surface area contributed by atoms with Crippen molar-refractivity contribution in [1.29, 1.82) is 0 Å². The van der Waals surface area contributed by atoms with E-state index in [0.717, 1.165) is 25.9 Å². The highest BCUT2D eigenvalue weighted by atomic mass is 16.6. The summed E-state index contributed by atoms with van der Waals surface area (Å²) in [5.41, 5.74) is -2.91. The summed E-state index contributed by atoms with van der Waals surface area (Å²) in [6, 6.07) is 0. The number of ether oxygens (including phenoxy) is 3. The summed E-state index contributed by atoms with van der Waals surface area (Å²) in [6.07, 6.45) is 4.45. The van der Waals surface area contributed by atoms with E-state index in [0.29, 0.717) is 44.9 Å². The predicted octanol–water partition coefficient (Wildman–Crippen LogP) is 7.42. The molecule has 4 saturated heterocycles. The van der Waals surface area contributed by atoms with Gasteiger partial charge in [-0.05, 0) is 156 Å². The Hall–Kier alpha value is -2.08. The van der Waals surface area contributed by atoms with E-state index in [2.05, 4.69) is 124 Å². The highest BCUT2D eigenvalue weighted by molar-refractivity contribution is 6.01. The normalized spacial score (nSPS) is 27.3. The quantitative estimate of drug-likeness (QED) is 0.106. The van der Waals surface area contributed by atoms with E-state index in [1.165, 1.54) is 0 Å². The summed E-state index contributed by atoms with van der Waals surface area (Å²) in [6.45, 7) is 27.6. The Morgan fingerprint density at radius 1 is 0.509 bits per heavy atom. The van der Waals surface area contributed by atoms with Gasteiger partial charge >= 0.3 is 17.9 Å². The third kappa shape index (κ3) is 11.2. The zero-order valence-corrected chi connectivity index (χ0v) is 39.1. The topological polar surface area (TPSA) is 109 Å². The lowest BCUT2D eigenvalue weighted by Gasteiger charge is -2.53. The van der Waals surface area contributed by atoms with Crippen LogP contribution in [0, 0.1) is 11.3 Å². The zero-order valence-electron chi connectivity index (χ0n) is 39.1. The summed E-state index contributed by atoms with van der Waals surface area (Å²) in [5, 5.41) is 0. The van der Waals surface area contributed by atoms with E-state index < -0.39 is 29.4 Å². The molecule has 1 unspecified atom stereocenters. The van der Waals surface area contributed by atoms with Crippen LogP contribution in [-0.2, 0) is 33.4 Å². The number of rotatable bonds is 13. The third-order valence-corrected chi connectivity index (χ3v) is 15.3. The van der Waals surface area contributed by atoms with Crippen molar-refractivity contribution in [3.8, 4) is 0 Å². The van der Waals surface area contributed by atoms with Crippen LogP contribution in [0.3, 0.4) is 0 Å². The molecule has 0 N–H and O–H groups in total. The number of carbonyl (C=O) groups is 4. The maximum atomic E-state index is 15.0. The van der Waals surface area contributed by atoms with Crippen molar-refractivity contribution in [2.75, 3.05) is 41.3 Å². The summed E-state index contributed by atoms with van der Waals surface area (Å²) < 4.78 is 18.9. The van der Waals surface area contributed by atoms with Gasteiger partial charge in [0.2, 0.25) is 0 Å². The molecule has 0 spiro atoms. The Kier molecular flexibility index (Phi) is 14.3. The van der Waals surface area contributed by atoms with Crippen LogP contribution in [-0.4, -0.2) is 136 Å². The van der Waals surface area contributed by atoms with Gasteiger partial charge in [-0.2, -0.15) is 0 Å². The molecule has 1 atom stereocenters. The second kappa shape index (κ2) is 17.1. The molecule has 0 saturated carbocycles. The maximum Gasteiger partial charge on any atom is 0.323 e. The summed E-state index contributed by atoms with van der Waals surface area (Å²) in [7, 11) is 8.40. The third-order valence-electron chi connectivity index (χ3n) is 15.3. The number of hydrogen-bond acceptors (Lipinski definition) is 11. The fourth-order valence-corrected chi connectivity index (χ4v) is 11.0. The number of likely N-dealkylation sites (tertiary alicyclic amines) is 4. The van der Waals surface area contributed by atoms with Crippen LogP contribution in [0.2, 0.25) is 0 Å². The second-order valence-corrected chi connectivity index (χ2v) is 22.5. The highest BCUT2D eigenvalue weighted by Crippen LogP contribution is 2.44. The van der Waals surface area contributed by atoms with Crippen LogP contribution in [0.4, 0.5) is 0 Å².